The Labute approximate surface area is 376 Å². The van der Waals surface area contributed by atoms with Gasteiger partial charge in [0, 0.05) is 57.2 Å². The number of morpholine rings is 1. The number of benzene rings is 1. The largest absolute Gasteiger partial charge is 0.487 e. The zero-order chi connectivity index (χ0) is 44.8. The summed E-state index contributed by atoms with van der Waals surface area (Å²) in [4.78, 5) is 15.9. The van der Waals surface area contributed by atoms with Gasteiger partial charge in [0.2, 0.25) is 5.95 Å². The minimum absolute atomic E-state index is 0.249. The van der Waals surface area contributed by atoms with Crippen molar-refractivity contribution in [2.45, 2.75) is 89.8 Å². The Morgan fingerprint density at radius 1 is 0.812 bits per heavy atom. The van der Waals surface area contributed by atoms with E-state index in [1.165, 1.54) is 6.33 Å². The van der Waals surface area contributed by atoms with E-state index in [9.17, 15) is 5.26 Å². The zero-order valence-electron chi connectivity index (χ0n) is 37.8. The summed E-state index contributed by atoms with van der Waals surface area (Å²) < 4.78 is 54.9. The van der Waals surface area contributed by atoms with Crippen molar-refractivity contribution in [1.29, 1.82) is 5.26 Å². The average Bonchev–Trinajstić information content (AvgIpc) is 3.97. The SMILES string of the molecule is COCCOCCOCCOCCOCCOCCCOc1nn(C2CCC(N3C[C@@H](C)O[C@@H](C)C3)CC2)cc1Nc1ncc(-c2ccc(C#N)c(O[C@@H](C)Cn3cncn3)c2)cn1. The molecule has 0 spiro atoms. The van der Waals surface area contributed by atoms with E-state index in [0.29, 0.717) is 127 Å². The Bertz CT molecular complexity index is 1930. The first-order valence-corrected chi connectivity index (χ1v) is 22.5. The quantitative estimate of drug-likeness (QED) is 0.0706. The van der Waals surface area contributed by atoms with Crippen LogP contribution in [0.25, 0.3) is 11.1 Å². The second kappa shape index (κ2) is 26.9. The highest BCUT2D eigenvalue weighted by molar-refractivity contribution is 5.67. The lowest BCUT2D eigenvalue weighted by Gasteiger charge is -2.42. The lowest BCUT2D eigenvalue weighted by atomic mass is 9.89. The van der Waals surface area contributed by atoms with Crippen LogP contribution in [0.15, 0.2) is 49.4 Å². The van der Waals surface area contributed by atoms with Crippen LogP contribution in [0.5, 0.6) is 11.6 Å². The minimum Gasteiger partial charge on any atom is -0.487 e. The average molecular weight is 891 g/mol. The van der Waals surface area contributed by atoms with Gasteiger partial charge in [-0.15, -0.1) is 5.10 Å². The molecule has 19 heteroatoms. The van der Waals surface area contributed by atoms with Crippen LogP contribution >= 0.6 is 0 Å². The number of hydrogen-bond donors (Lipinski definition) is 1. The Kier molecular flexibility index (Phi) is 20.4. The molecule has 64 heavy (non-hydrogen) atoms. The zero-order valence-corrected chi connectivity index (χ0v) is 37.8. The third kappa shape index (κ3) is 16.0. The lowest BCUT2D eigenvalue weighted by Crippen LogP contribution is -2.51. The van der Waals surface area contributed by atoms with E-state index in [-0.39, 0.29) is 24.4 Å². The molecule has 4 aromatic rings. The molecule has 19 nitrogen and oxygen atoms in total. The third-order valence-corrected chi connectivity index (χ3v) is 10.9. The maximum absolute atomic E-state index is 9.76. The number of anilines is 2. The van der Waals surface area contributed by atoms with Crippen LogP contribution < -0.4 is 14.8 Å². The van der Waals surface area contributed by atoms with Gasteiger partial charge >= 0.3 is 0 Å². The first-order valence-electron chi connectivity index (χ1n) is 22.5. The van der Waals surface area contributed by atoms with Gasteiger partial charge in [0.1, 0.15) is 36.3 Å². The van der Waals surface area contributed by atoms with Crippen molar-refractivity contribution in [3.63, 3.8) is 0 Å². The molecule has 1 N–H and O–H groups in total. The number of hydrogen-bond acceptors (Lipinski definition) is 17. The Balaban J connectivity index is 0.976. The summed E-state index contributed by atoms with van der Waals surface area (Å²) in [5.74, 6) is 1.37. The molecule has 2 aliphatic rings. The Morgan fingerprint density at radius 2 is 1.44 bits per heavy atom. The van der Waals surface area contributed by atoms with Gasteiger partial charge in [-0.1, -0.05) is 6.07 Å². The van der Waals surface area contributed by atoms with Crippen molar-refractivity contribution in [1.82, 2.24) is 39.4 Å². The predicted octanol–water partition coefficient (Wildman–Crippen LogP) is 5.11. The van der Waals surface area contributed by atoms with E-state index < -0.39 is 0 Å². The highest BCUT2D eigenvalue weighted by atomic mass is 16.6. The second-order valence-corrected chi connectivity index (χ2v) is 16.0. The van der Waals surface area contributed by atoms with Gasteiger partial charge in [0.15, 0.2) is 0 Å². The van der Waals surface area contributed by atoms with Gasteiger partial charge in [0.25, 0.3) is 5.88 Å². The first-order chi connectivity index (χ1) is 31.4. The molecule has 3 atom stereocenters. The summed E-state index contributed by atoms with van der Waals surface area (Å²) in [5, 5.41) is 22.2. The molecule has 0 bridgehead atoms. The smallest absolute Gasteiger partial charge is 0.256 e. The summed E-state index contributed by atoms with van der Waals surface area (Å²) >= 11 is 0. The van der Waals surface area contributed by atoms with Gasteiger partial charge in [-0.2, -0.15) is 10.4 Å². The van der Waals surface area contributed by atoms with E-state index in [2.05, 4.69) is 50.2 Å². The molecule has 4 heterocycles. The molecule has 3 aromatic heterocycles. The summed E-state index contributed by atoms with van der Waals surface area (Å²) in [5.41, 5.74) is 2.71. The van der Waals surface area contributed by atoms with E-state index in [1.807, 2.05) is 29.9 Å². The van der Waals surface area contributed by atoms with Crippen LogP contribution in [0, 0.1) is 11.3 Å². The highest BCUT2D eigenvalue weighted by Gasteiger charge is 2.32. The molecular formula is C45H66N10O9. The molecule has 1 aliphatic carbocycles. The van der Waals surface area contributed by atoms with Crippen molar-refractivity contribution in [3.8, 4) is 28.8 Å². The number of rotatable bonds is 29. The lowest BCUT2D eigenvalue weighted by molar-refractivity contribution is -0.0852. The molecule has 2 fully saturated rings. The van der Waals surface area contributed by atoms with Crippen molar-refractivity contribution >= 4 is 11.6 Å². The van der Waals surface area contributed by atoms with Gasteiger partial charge < -0.3 is 47.9 Å². The van der Waals surface area contributed by atoms with Crippen LogP contribution in [-0.4, -0.2) is 163 Å². The van der Waals surface area contributed by atoms with Crippen molar-refractivity contribution in [2.24, 2.45) is 0 Å². The van der Waals surface area contributed by atoms with E-state index in [4.69, 9.17) is 47.7 Å². The van der Waals surface area contributed by atoms with E-state index >= 15 is 0 Å². The molecule has 1 aliphatic heterocycles. The number of nitriles is 1. The molecule has 6 rings (SSSR count). The number of methoxy groups -OCH3 is 1. The van der Waals surface area contributed by atoms with E-state index in [1.54, 1.807) is 36.6 Å². The topological polar surface area (TPSA) is 196 Å². The molecule has 1 saturated heterocycles. The van der Waals surface area contributed by atoms with Crippen LogP contribution in [0.1, 0.15) is 64.5 Å². The maximum atomic E-state index is 9.76. The van der Waals surface area contributed by atoms with Gasteiger partial charge in [-0.3, -0.25) is 9.58 Å². The molecule has 1 aromatic carbocycles. The fourth-order valence-corrected chi connectivity index (χ4v) is 7.81. The van der Waals surface area contributed by atoms with Crippen molar-refractivity contribution in [2.75, 3.05) is 105 Å². The Morgan fingerprint density at radius 3 is 2.05 bits per heavy atom. The van der Waals surface area contributed by atoms with Crippen LogP contribution in [-0.2, 0) is 39.7 Å². The molecule has 350 valence electrons. The first kappa shape index (κ1) is 48.7. The molecule has 0 unspecified atom stereocenters. The normalized spacial score (nSPS) is 19.6. The highest BCUT2D eigenvalue weighted by Crippen LogP contribution is 2.35. The molecule has 0 radical (unpaired) electrons. The summed E-state index contributed by atoms with van der Waals surface area (Å²) in [7, 11) is 1.65. The van der Waals surface area contributed by atoms with E-state index in [0.717, 1.165) is 49.9 Å². The number of aromatic nitrogens is 7. The van der Waals surface area contributed by atoms with Crippen LogP contribution in [0.4, 0.5) is 11.6 Å². The summed E-state index contributed by atoms with van der Waals surface area (Å²) in [6, 6.07) is 8.46. The minimum atomic E-state index is -0.249. The van der Waals surface area contributed by atoms with Crippen molar-refractivity contribution in [3.05, 3.63) is 55.0 Å². The van der Waals surface area contributed by atoms with Crippen LogP contribution in [0.3, 0.4) is 0 Å². The number of nitrogens with zero attached hydrogens (tertiary/aromatic N) is 9. The fourth-order valence-electron chi connectivity index (χ4n) is 7.81. The fraction of sp³-hybridized carbons (Fsp3) is 0.644. The van der Waals surface area contributed by atoms with Gasteiger partial charge in [0.05, 0.1) is 109 Å². The standard InChI is InChI=1S/C45H66N10O9/c1-34-28-53(29-35(2)63-34)40-8-10-41(11-9-40)55-31-42(44(52-55)62-13-5-12-57-16-17-59-20-21-61-23-22-60-19-18-58-15-14-56-4)51-45-48-26-39(27-49-45)37-6-7-38(25-46)43(24-37)64-36(3)30-54-33-47-32-50-54/h6-7,24,26-27,31-36,40-41H,5,8-23,28-30H2,1-4H3,(H,48,49,51)/t34-,35+,36-,40?,41?/m0/s1. The predicted molar refractivity (Wildman–Crippen MR) is 237 cm³/mol. The monoisotopic (exact) mass is 891 g/mol. The molecule has 0 amide bonds. The van der Waals surface area contributed by atoms with Crippen molar-refractivity contribution < 1.29 is 42.6 Å². The molecular weight excluding hydrogens is 825 g/mol. The second-order valence-electron chi connectivity index (χ2n) is 16.0. The van der Waals surface area contributed by atoms with Crippen LogP contribution in [0.2, 0.25) is 0 Å². The maximum Gasteiger partial charge on any atom is 0.256 e. The Hall–Kier alpha value is -4.78. The van der Waals surface area contributed by atoms with Gasteiger partial charge in [-0.25, -0.2) is 19.6 Å². The third-order valence-electron chi connectivity index (χ3n) is 10.9. The molecule has 1 saturated carbocycles. The summed E-state index contributed by atoms with van der Waals surface area (Å²) in [6.07, 6.45) is 13.8. The summed E-state index contributed by atoms with van der Waals surface area (Å²) in [6.45, 7) is 14.8. The number of ether oxygens (including phenoxy) is 9. The van der Waals surface area contributed by atoms with Gasteiger partial charge in [-0.05, 0) is 64.2 Å². The number of nitrogens with one attached hydrogen (secondary N) is 1.